The fraction of sp³-hybridized carbons (Fsp3) is 0.571. The smallest absolute Gasteiger partial charge is 0.296 e. The van der Waals surface area contributed by atoms with Crippen LogP contribution in [0.3, 0.4) is 0 Å². The molecule has 3 fully saturated rings. The predicted molar refractivity (Wildman–Crippen MR) is 148 cm³/mol. The Hall–Kier alpha value is -3.38. The lowest BCUT2D eigenvalue weighted by molar-refractivity contribution is -0.126. The molecular weight excluding hydrogens is 518 g/mol. The summed E-state index contributed by atoms with van der Waals surface area (Å²) >= 11 is 0. The average Bonchev–Trinajstić information content (AvgIpc) is 3.39. The number of hydrogen-bond donors (Lipinski definition) is 3. The van der Waals surface area contributed by atoms with Crippen LogP contribution in [0.1, 0.15) is 50.8 Å². The van der Waals surface area contributed by atoms with Crippen molar-refractivity contribution in [1.29, 1.82) is 0 Å². The first kappa shape index (κ1) is 26.8. The summed E-state index contributed by atoms with van der Waals surface area (Å²) in [6.45, 7) is 4.09. The zero-order valence-electron chi connectivity index (χ0n) is 22.5. The third-order valence-corrected chi connectivity index (χ3v) is 8.10. The van der Waals surface area contributed by atoms with Gasteiger partial charge in [0, 0.05) is 37.8 Å². The molecule has 10 nitrogen and oxygen atoms in total. The number of nitrogens with zero attached hydrogens (tertiary/aromatic N) is 5. The highest BCUT2D eigenvalue weighted by atomic mass is 19.3. The number of carbonyl (C=O) groups is 1. The molecule has 1 aromatic carbocycles. The molecule has 0 spiro atoms. The van der Waals surface area contributed by atoms with Crippen LogP contribution in [0.5, 0.6) is 0 Å². The van der Waals surface area contributed by atoms with Crippen molar-refractivity contribution in [2.24, 2.45) is 5.92 Å². The van der Waals surface area contributed by atoms with E-state index in [9.17, 15) is 13.6 Å². The highest BCUT2D eigenvalue weighted by Gasteiger charge is 2.28. The number of morpholine rings is 1. The molecule has 3 aliphatic rings. The molecule has 214 valence electrons. The molecule has 1 atom stereocenters. The Kier molecular flexibility index (Phi) is 8.05. The maximum atomic E-state index is 14.1. The van der Waals surface area contributed by atoms with Gasteiger partial charge in [-0.2, -0.15) is 9.97 Å². The van der Waals surface area contributed by atoms with Gasteiger partial charge in [0.25, 0.3) is 6.43 Å². The number of fused-ring (bicyclic) bond motifs is 1. The van der Waals surface area contributed by atoms with Gasteiger partial charge in [-0.1, -0.05) is 12.1 Å². The molecule has 4 heterocycles. The number of carbonyl (C=O) groups excluding carboxylic acids is 1. The van der Waals surface area contributed by atoms with Gasteiger partial charge < -0.3 is 25.6 Å². The van der Waals surface area contributed by atoms with E-state index in [-0.39, 0.29) is 29.7 Å². The summed E-state index contributed by atoms with van der Waals surface area (Å²) in [5, 5.41) is 10.1. The molecule has 1 aliphatic carbocycles. The Morgan fingerprint density at radius 3 is 2.55 bits per heavy atom. The summed E-state index contributed by atoms with van der Waals surface area (Å²) in [5.41, 5.74) is 1.06. The number of aromatic nitrogens is 4. The number of rotatable bonds is 7. The Bertz CT molecular complexity index is 1310. The monoisotopic (exact) mass is 554 g/mol. The molecule has 2 saturated heterocycles. The third kappa shape index (κ3) is 5.87. The van der Waals surface area contributed by atoms with Gasteiger partial charge in [0.05, 0.1) is 30.2 Å². The second kappa shape index (κ2) is 12.0. The number of hydrogen-bond acceptors (Lipinski definition) is 8. The number of nitrogens with one attached hydrogen (secondary N) is 3. The molecule has 0 bridgehead atoms. The molecule has 2 aliphatic heterocycles. The SMILES string of the molecule is O=C(N[C@H]1CC[C@H](Nc2cc(-n3c(C(F)F)nc4ccccc43)nc(N3CCOCC3)n2)CC1)[C@H]1CCCNC1. The molecule has 12 heteroatoms. The Balaban J connectivity index is 1.22. The average molecular weight is 555 g/mol. The van der Waals surface area contributed by atoms with Crippen LogP contribution in [-0.4, -0.2) is 76.9 Å². The van der Waals surface area contributed by atoms with Crippen LogP contribution in [0.15, 0.2) is 30.3 Å². The largest absolute Gasteiger partial charge is 0.378 e. The van der Waals surface area contributed by atoms with Gasteiger partial charge >= 0.3 is 0 Å². The maximum absolute atomic E-state index is 14.1. The Morgan fingerprint density at radius 1 is 1.02 bits per heavy atom. The zero-order chi connectivity index (χ0) is 27.5. The van der Waals surface area contributed by atoms with E-state index in [0.717, 1.165) is 51.6 Å². The van der Waals surface area contributed by atoms with Crippen molar-refractivity contribution in [2.75, 3.05) is 49.6 Å². The molecule has 3 aromatic rings. The fourth-order valence-electron chi connectivity index (χ4n) is 5.93. The Morgan fingerprint density at radius 2 is 1.80 bits per heavy atom. The summed E-state index contributed by atoms with van der Waals surface area (Å²) in [6, 6.07) is 9.14. The van der Waals surface area contributed by atoms with E-state index in [2.05, 4.69) is 20.9 Å². The first-order valence-electron chi connectivity index (χ1n) is 14.3. The van der Waals surface area contributed by atoms with E-state index >= 15 is 0 Å². The molecule has 1 saturated carbocycles. The molecular formula is C28H36F2N8O2. The van der Waals surface area contributed by atoms with Crippen molar-refractivity contribution >= 4 is 28.7 Å². The highest BCUT2D eigenvalue weighted by Crippen LogP contribution is 2.30. The molecule has 3 N–H and O–H groups in total. The zero-order valence-corrected chi connectivity index (χ0v) is 22.5. The van der Waals surface area contributed by atoms with Crippen LogP contribution >= 0.6 is 0 Å². The van der Waals surface area contributed by atoms with E-state index in [4.69, 9.17) is 14.7 Å². The van der Waals surface area contributed by atoms with Gasteiger partial charge in [-0.3, -0.25) is 9.36 Å². The maximum Gasteiger partial charge on any atom is 0.296 e. The van der Waals surface area contributed by atoms with E-state index in [1.54, 1.807) is 30.3 Å². The van der Waals surface area contributed by atoms with Crippen LogP contribution in [0.4, 0.5) is 20.5 Å². The van der Waals surface area contributed by atoms with E-state index in [1.807, 2.05) is 4.90 Å². The summed E-state index contributed by atoms with van der Waals surface area (Å²) in [4.78, 5) is 28.4. The van der Waals surface area contributed by atoms with Crippen LogP contribution < -0.4 is 20.9 Å². The summed E-state index contributed by atoms with van der Waals surface area (Å²) in [7, 11) is 0. The number of amides is 1. The van der Waals surface area contributed by atoms with Gasteiger partial charge in [0.2, 0.25) is 11.9 Å². The van der Waals surface area contributed by atoms with Crippen LogP contribution in [0.2, 0.25) is 0 Å². The number of anilines is 2. The number of imidazole rings is 1. The van der Waals surface area contributed by atoms with Crippen molar-refractivity contribution in [3.05, 3.63) is 36.2 Å². The molecule has 6 rings (SSSR count). The number of alkyl halides is 2. The third-order valence-electron chi connectivity index (χ3n) is 8.10. The van der Waals surface area contributed by atoms with Crippen LogP contribution in [0.25, 0.3) is 16.9 Å². The van der Waals surface area contributed by atoms with Gasteiger partial charge in [-0.15, -0.1) is 0 Å². The van der Waals surface area contributed by atoms with Crippen molar-refractivity contribution in [2.45, 2.75) is 57.0 Å². The second-order valence-electron chi connectivity index (χ2n) is 10.9. The summed E-state index contributed by atoms with van der Waals surface area (Å²) in [6.07, 6.45) is 2.71. The van der Waals surface area contributed by atoms with Gasteiger partial charge in [-0.05, 0) is 57.2 Å². The minimum absolute atomic E-state index is 0.0556. The number of para-hydroxylation sites is 2. The summed E-state index contributed by atoms with van der Waals surface area (Å²) < 4.78 is 35.2. The minimum atomic E-state index is -2.76. The lowest BCUT2D eigenvalue weighted by Gasteiger charge is -2.32. The van der Waals surface area contributed by atoms with E-state index in [1.165, 1.54) is 4.57 Å². The van der Waals surface area contributed by atoms with E-state index in [0.29, 0.717) is 54.9 Å². The highest BCUT2D eigenvalue weighted by molar-refractivity contribution is 5.79. The first-order chi connectivity index (χ1) is 19.5. The molecule has 1 amide bonds. The van der Waals surface area contributed by atoms with Crippen molar-refractivity contribution in [3.8, 4) is 5.82 Å². The Labute approximate surface area is 231 Å². The number of ether oxygens (including phenoxy) is 1. The van der Waals surface area contributed by atoms with Crippen molar-refractivity contribution in [3.63, 3.8) is 0 Å². The predicted octanol–water partition coefficient (Wildman–Crippen LogP) is 3.43. The van der Waals surface area contributed by atoms with Crippen molar-refractivity contribution < 1.29 is 18.3 Å². The number of benzene rings is 1. The van der Waals surface area contributed by atoms with Crippen LogP contribution in [-0.2, 0) is 9.53 Å². The lowest BCUT2D eigenvalue weighted by atomic mass is 9.90. The topological polar surface area (TPSA) is 109 Å². The number of halogens is 2. The molecule has 40 heavy (non-hydrogen) atoms. The standard InChI is InChI=1S/C28H36F2N8O2/c29-25(30)26-34-21-5-1-2-6-22(21)38(26)24-16-23(35-28(36-24)37-12-14-40-15-13-37)32-19-7-9-20(10-8-19)33-27(39)18-4-3-11-31-17-18/h1-2,5-6,16,18-20,25,31H,3-4,7-15,17H2,(H,33,39)(H,32,35,36)/t18-,19-,20-/m0/s1. The summed E-state index contributed by atoms with van der Waals surface area (Å²) in [5.74, 6) is 1.28. The van der Waals surface area contributed by atoms with Gasteiger partial charge in [-0.25, -0.2) is 13.8 Å². The van der Waals surface area contributed by atoms with Crippen LogP contribution in [0, 0.1) is 5.92 Å². The van der Waals surface area contributed by atoms with Gasteiger partial charge in [0.15, 0.2) is 5.82 Å². The minimum Gasteiger partial charge on any atom is -0.378 e. The van der Waals surface area contributed by atoms with Gasteiger partial charge in [0.1, 0.15) is 11.6 Å². The fourth-order valence-corrected chi connectivity index (χ4v) is 5.93. The number of piperidine rings is 1. The molecule has 2 aromatic heterocycles. The lowest BCUT2D eigenvalue weighted by Crippen LogP contribution is -2.46. The molecule has 0 unspecified atom stereocenters. The normalized spacial score (nSPS) is 23.9. The first-order valence-corrected chi connectivity index (χ1v) is 14.3. The second-order valence-corrected chi connectivity index (χ2v) is 10.9. The van der Waals surface area contributed by atoms with Crippen molar-refractivity contribution in [1.82, 2.24) is 30.2 Å². The molecule has 0 radical (unpaired) electrons. The quantitative estimate of drug-likeness (QED) is 0.408. The van der Waals surface area contributed by atoms with E-state index < -0.39 is 6.43 Å².